The Balaban J connectivity index is 3.74. The standard InChI is InChI=1S/C3H5F3N2O/c4-3(5,6)2(9)8-1-7/h1,7H2,(H,8,9). The van der Waals surface area contributed by atoms with Gasteiger partial charge in [-0.1, -0.05) is 0 Å². The van der Waals surface area contributed by atoms with Gasteiger partial charge >= 0.3 is 12.1 Å². The van der Waals surface area contributed by atoms with E-state index in [1.165, 1.54) is 5.32 Å². The van der Waals surface area contributed by atoms with E-state index in [1.807, 2.05) is 0 Å². The van der Waals surface area contributed by atoms with Gasteiger partial charge in [-0.25, -0.2) is 0 Å². The molecular formula is C3H5F3N2O. The zero-order valence-electron chi connectivity index (χ0n) is 4.33. The molecule has 0 aromatic carbocycles. The fourth-order valence-electron chi connectivity index (χ4n) is 0.193. The van der Waals surface area contributed by atoms with Gasteiger partial charge in [-0.15, -0.1) is 0 Å². The van der Waals surface area contributed by atoms with Crippen LogP contribution < -0.4 is 11.1 Å². The summed E-state index contributed by atoms with van der Waals surface area (Å²) in [4.78, 5) is 9.75. The number of rotatable bonds is 1. The largest absolute Gasteiger partial charge is 0.471 e. The van der Waals surface area contributed by atoms with Gasteiger partial charge < -0.3 is 11.1 Å². The van der Waals surface area contributed by atoms with E-state index in [2.05, 4.69) is 5.73 Å². The highest BCUT2D eigenvalue weighted by Crippen LogP contribution is 2.13. The van der Waals surface area contributed by atoms with Crippen molar-refractivity contribution in [3.63, 3.8) is 0 Å². The van der Waals surface area contributed by atoms with Gasteiger partial charge in [-0.3, -0.25) is 4.79 Å². The predicted molar refractivity (Wildman–Crippen MR) is 23.3 cm³/mol. The maximum atomic E-state index is 11.2. The lowest BCUT2D eigenvalue weighted by molar-refractivity contribution is -0.173. The molecule has 0 fully saturated rings. The van der Waals surface area contributed by atoms with Gasteiger partial charge in [0.15, 0.2) is 0 Å². The maximum Gasteiger partial charge on any atom is 0.471 e. The van der Waals surface area contributed by atoms with Crippen LogP contribution in [-0.4, -0.2) is 18.8 Å². The summed E-state index contributed by atoms with van der Waals surface area (Å²) in [5, 5.41) is 1.40. The summed E-state index contributed by atoms with van der Waals surface area (Å²) in [6.07, 6.45) is -4.82. The first-order valence-electron chi connectivity index (χ1n) is 2.03. The van der Waals surface area contributed by atoms with E-state index >= 15 is 0 Å². The van der Waals surface area contributed by atoms with Crippen LogP contribution >= 0.6 is 0 Å². The molecule has 6 heteroatoms. The second-order valence-electron chi connectivity index (χ2n) is 1.21. The second kappa shape index (κ2) is 2.67. The Morgan fingerprint density at radius 3 is 2.11 bits per heavy atom. The monoisotopic (exact) mass is 142 g/mol. The van der Waals surface area contributed by atoms with Gasteiger partial charge in [-0.05, 0) is 0 Å². The third-order valence-electron chi connectivity index (χ3n) is 0.520. The number of halogens is 3. The topological polar surface area (TPSA) is 55.1 Å². The maximum absolute atomic E-state index is 11.2. The molecule has 0 aromatic heterocycles. The number of alkyl halides is 3. The van der Waals surface area contributed by atoms with E-state index in [-0.39, 0.29) is 0 Å². The molecule has 0 bridgehead atoms. The molecule has 0 spiro atoms. The van der Waals surface area contributed by atoms with E-state index in [0.29, 0.717) is 0 Å². The number of amides is 1. The normalized spacial score (nSPS) is 11.1. The predicted octanol–water partition coefficient (Wildman–Crippen LogP) is -0.419. The molecule has 0 aliphatic rings. The molecule has 0 aliphatic carbocycles. The number of nitrogens with one attached hydrogen (secondary N) is 1. The van der Waals surface area contributed by atoms with Gasteiger partial charge in [0.2, 0.25) is 0 Å². The van der Waals surface area contributed by atoms with E-state index in [4.69, 9.17) is 0 Å². The van der Waals surface area contributed by atoms with Crippen molar-refractivity contribution >= 4 is 5.91 Å². The highest BCUT2D eigenvalue weighted by Gasteiger charge is 2.37. The lowest BCUT2D eigenvalue weighted by atomic mass is 10.6. The van der Waals surface area contributed by atoms with Gasteiger partial charge in [0.25, 0.3) is 0 Å². The molecule has 0 rings (SSSR count). The van der Waals surface area contributed by atoms with Crippen LogP contribution in [0.15, 0.2) is 0 Å². The average Bonchev–Trinajstić information content (AvgIpc) is 1.64. The highest BCUT2D eigenvalue weighted by atomic mass is 19.4. The SMILES string of the molecule is NCNC(=O)C(F)(F)F. The van der Waals surface area contributed by atoms with E-state index in [9.17, 15) is 18.0 Å². The number of carbonyl (C=O) groups is 1. The summed E-state index contributed by atoms with van der Waals surface area (Å²) in [5.41, 5.74) is 4.59. The third kappa shape index (κ3) is 2.91. The zero-order chi connectivity index (χ0) is 7.49. The Kier molecular flexibility index (Phi) is 2.44. The second-order valence-corrected chi connectivity index (χ2v) is 1.21. The number of hydrogen-bond acceptors (Lipinski definition) is 2. The summed E-state index contributed by atoms with van der Waals surface area (Å²) < 4.78 is 33.5. The fraction of sp³-hybridized carbons (Fsp3) is 0.667. The molecule has 1 amide bonds. The molecule has 0 heterocycles. The Hall–Kier alpha value is -0.780. The smallest absolute Gasteiger partial charge is 0.336 e. The Morgan fingerprint density at radius 1 is 1.56 bits per heavy atom. The molecule has 3 nitrogen and oxygen atoms in total. The van der Waals surface area contributed by atoms with Crippen LogP contribution in [0.3, 0.4) is 0 Å². The van der Waals surface area contributed by atoms with Crippen LogP contribution in [0.25, 0.3) is 0 Å². The summed E-state index contributed by atoms with van der Waals surface area (Å²) in [7, 11) is 0. The molecular weight excluding hydrogens is 137 g/mol. The lowest BCUT2D eigenvalue weighted by Crippen LogP contribution is -2.39. The highest BCUT2D eigenvalue weighted by molar-refractivity contribution is 5.81. The Labute approximate surface area is 49.0 Å². The van der Waals surface area contributed by atoms with Crippen LogP contribution in [0.4, 0.5) is 13.2 Å². The van der Waals surface area contributed by atoms with Crippen molar-refractivity contribution in [1.82, 2.24) is 5.32 Å². The summed E-state index contributed by atoms with van der Waals surface area (Å²) in [6.45, 7) is -0.502. The lowest BCUT2D eigenvalue weighted by Gasteiger charge is -2.03. The zero-order valence-corrected chi connectivity index (χ0v) is 4.33. The minimum atomic E-state index is -4.82. The number of nitrogens with two attached hydrogens (primary N) is 1. The molecule has 9 heavy (non-hydrogen) atoms. The quantitative estimate of drug-likeness (QED) is 0.488. The molecule has 0 radical (unpaired) electrons. The summed E-state index contributed by atoms with van der Waals surface area (Å²) in [5.74, 6) is -2.01. The van der Waals surface area contributed by atoms with Crippen molar-refractivity contribution < 1.29 is 18.0 Å². The van der Waals surface area contributed by atoms with Crippen molar-refractivity contribution in [1.29, 1.82) is 0 Å². The Bertz CT molecular complexity index is 110. The average molecular weight is 142 g/mol. The van der Waals surface area contributed by atoms with Crippen LogP contribution in [0, 0.1) is 0 Å². The van der Waals surface area contributed by atoms with Crippen LogP contribution in [0.2, 0.25) is 0 Å². The molecule has 0 unspecified atom stereocenters. The molecule has 3 N–H and O–H groups in total. The first-order valence-corrected chi connectivity index (χ1v) is 2.03. The molecule has 0 saturated heterocycles. The molecule has 0 saturated carbocycles. The van der Waals surface area contributed by atoms with Crippen LogP contribution in [0.1, 0.15) is 0 Å². The van der Waals surface area contributed by atoms with Crippen molar-refractivity contribution in [2.45, 2.75) is 6.18 Å². The summed E-state index contributed by atoms with van der Waals surface area (Å²) in [6, 6.07) is 0. The van der Waals surface area contributed by atoms with Gasteiger partial charge in [-0.2, -0.15) is 13.2 Å². The summed E-state index contributed by atoms with van der Waals surface area (Å²) >= 11 is 0. The first kappa shape index (κ1) is 8.22. The molecule has 0 atom stereocenters. The molecule has 0 aromatic rings. The van der Waals surface area contributed by atoms with Gasteiger partial charge in [0.05, 0.1) is 6.67 Å². The third-order valence-corrected chi connectivity index (χ3v) is 0.520. The van der Waals surface area contributed by atoms with E-state index in [1.54, 1.807) is 0 Å². The number of carbonyl (C=O) groups excluding carboxylic acids is 1. The van der Waals surface area contributed by atoms with Gasteiger partial charge in [0, 0.05) is 0 Å². The van der Waals surface area contributed by atoms with Crippen molar-refractivity contribution in [2.24, 2.45) is 5.73 Å². The minimum Gasteiger partial charge on any atom is -0.336 e. The van der Waals surface area contributed by atoms with Crippen LogP contribution in [-0.2, 0) is 4.79 Å². The van der Waals surface area contributed by atoms with Crippen molar-refractivity contribution in [3.05, 3.63) is 0 Å². The molecule has 54 valence electrons. The van der Waals surface area contributed by atoms with Crippen LogP contribution in [0.5, 0.6) is 0 Å². The number of hydrogen-bond donors (Lipinski definition) is 2. The molecule has 0 aliphatic heterocycles. The van der Waals surface area contributed by atoms with Crippen molar-refractivity contribution in [3.8, 4) is 0 Å². The minimum absolute atomic E-state index is 0.502. The Morgan fingerprint density at radius 2 is 2.00 bits per heavy atom. The van der Waals surface area contributed by atoms with E-state index < -0.39 is 18.8 Å². The first-order chi connectivity index (χ1) is 3.98. The van der Waals surface area contributed by atoms with E-state index in [0.717, 1.165) is 0 Å². The van der Waals surface area contributed by atoms with Crippen molar-refractivity contribution in [2.75, 3.05) is 6.67 Å². The fourth-order valence-corrected chi connectivity index (χ4v) is 0.193. The van der Waals surface area contributed by atoms with Gasteiger partial charge in [0.1, 0.15) is 0 Å².